The van der Waals surface area contributed by atoms with Gasteiger partial charge in [0.2, 0.25) is 0 Å². The summed E-state index contributed by atoms with van der Waals surface area (Å²) in [5.74, 6) is 0.410. The van der Waals surface area contributed by atoms with E-state index in [0.717, 1.165) is 10.0 Å². The highest BCUT2D eigenvalue weighted by Crippen LogP contribution is 2.23. The third kappa shape index (κ3) is 4.18. The molecule has 1 amide bonds. The molecule has 0 bridgehead atoms. The normalized spacial score (nSPS) is 10.3. The van der Waals surface area contributed by atoms with E-state index in [4.69, 9.17) is 16.3 Å². The van der Waals surface area contributed by atoms with Crippen molar-refractivity contribution in [3.8, 4) is 5.75 Å². The predicted molar refractivity (Wildman–Crippen MR) is 88.8 cm³/mol. The van der Waals surface area contributed by atoms with E-state index in [0.29, 0.717) is 22.3 Å². The number of rotatable bonds is 4. The van der Waals surface area contributed by atoms with E-state index < -0.39 is 0 Å². The lowest BCUT2D eigenvalue weighted by molar-refractivity contribution is 0.0950. The van der Waals surface area contributed by atoms with Gasteiger partial charge in [-0.2, -0.15) is 0 Å². The van der Waals surface area contributed by atoms with Crippen LogP contribution < -0.4 is 10.1 Å². The monoisotopic (exact) mass is 432 g/mol. The number of ether oxygens (including phenoxy) is 1. The molecule has 2 aromatic rings. The maximum Gasteiger partial charge on any atom is 0.254 e. The van der Waals surface area contributed by atoms with E-state index in [9.17, 15) is 4.79 Å². The summed E-state index contributed by atoms with van der Waals surface area (Å²) in [6, 6.07) is 7.22. The maximum atomic E-state index is 12.2. The zero-order valence-corrected chi connectivity index (χ0v) is 14.9. The SMILES string of the molecule is COc1ccc(Br)cc1CNC(=O)c1cc(Br)cnc1Cl. The Hall–Kier alpha value is -1.11. The first-order valence-electron chi connectivity index (χ1n) is 5.93. The van der Waals surface area contributed by atoms with E-state index >= 15 is 0 Å². The summed E-state index contributed by atoms with van der Waals surface area (Å²) in [5.41, 5.74) is 1.18. The van der Waals surface area contributed by atoms with Crippen molar-refractivity contribution in [2.24, 2.45) is 0 Å². The zero-order chi connectivity index (χ0) is 15.4. The number of hydrogen-bond donors (Lipinski definition) is 1. The molecule has 4 nitrogen and oxygen atoms in total. The van der Waals surface area contributed by atoms with Crippen LogP contribution in [0.5, 0.6) is 5.75 Å². The molecule has 7 heteroatoms. The Bertz CT molecular complexity index is 680. The summed E-state index contributed by atoms with van der Waals surface area (Å²) in [6.07, 6.45) is 1.54. The molecule has 1 N–H and O–H groups in total. The van der Waals surface area contributed by atoms with E-state index in [1.165, 1.54) is 6.20 Å². The number of carbonyl (C=O) groups excluding carboxylic acids is 1. The van der Waals surface area contributed by atoms with E-state index in [-0.39, 0.29) is 11.1 Å². The van der Waals surface area contributed by atoms with Crippen LogP contribution in [-0.4, -0.2) is 18.0 Å². The highest BCUT2D eigenvalue weighted by atomic mass is 79.9. The largest absolute Gasteiger partial charge is 0.496 e. The van der Waals surface area contributed by atoms with Gasteiger partial charge in [0.1, 0.15) is 10.9 Å². The van der Waals surface area contributed by atoms with E-state index in [1.54, 1.807) is 13.2 Å². The molecule has 0 fully saturated rings. The molecule has 1 heterocycles. The second-order valence-electron chi connectivity index (χ2n) is 4.13. The van der Waals surface area contributed by atoms with Crippen molar-refractivity contribution in [1.82, 2.24) is 10.3 Å². The number of amides is 1. The molecule has 1 aromatic heterocycles. The fourth-order valence-electron chi connectivity index (χ4n) is 1.74. The molecule has 0 atom stereocenters. The van der Waals surface area contributed by atoms with Crippen LogP contribution in [0.1, 0.15) is 15.9 Å². The molecule has 0 aliphatic rings. The number of methoxy groups -OCH3 is 1. The first-order valence-corrected chi connectivity index (χ1v) is 7.89. The van der Waals surface area contributed by atoms with Gasteiger partial charge in [-0.25, -0.2) is 4.98 Å². The Morgan fingerprint density at radius 2 is 2.10 bits per heavy atom. The molecular weight excluding hydrogens is 423 g/mol. The van der Waals surface area contributed by atoms with Crippen molar-refractivity contribution in [3.63, 3.8) is 0 Å². The molecule has 2 rings (SSSR count). The number of nitrogens with zero attached hydrogens (tertiary/aromatic N) is 1. The smallest absolute Gasteiger partial charge is 0.254 e. The Morgan fingerprint density at radius 1 is 1.33 bits per heavy atom. The molecule has 0 unspecified atom stereocenters. The predicted octanol–water partition coefficient (Wildman–Crippen LogP) is 4.20. The summed E-state index contributed by atoms with van der Waals surface area (Å²) in [5, 5.41) is 2.96. The first-order chi connectivity index (χ1) is 10.0. The van der Waals surface area contributed by atoms with Gasteiger partial charge in [-0.3, -0.25) is 4.79 Å². The van der Waals surface area contributed by atoms with Crippen LogP contribution in [0, 0.1) is 0 Å². The zero-order valence-electron chi connectivity index (χ0n) is 11.0. The summed E-state index contributed by atoms with van der Waals surface area (Å²) < 4.78 is 6.87. The van der Waals surface area contributed by atoms with Gasteiger partial charge in [0.25, 0.3) is 5.91 Å². The van der Waals surface area contributed by atoms with Crippen molar-refractivity contribution in [3.05, 3.63) is 55.7 Å². The average molecular weight is 435 g/mol. The van der Waals surface area contributed by atoms with Gasteiger partial charge in [-0.1, -0.05) is 27.5 Å². The molecule has 110 valence electrons. The van der Waals surface area contributed by atoms with Gasteiger partial charge in [0.05, 0.1) is 12.7 Å². The van der Waals surface area contributed by atoms with Crippen LogP contribution in [0.25, 0.3) is 0 Å². The van der Waals surface area contributed by atoms with Gasteiger partial charge in [0.15, 0.2) is 0 Å². The first kappa shape index (κ1) is 16.3. The van der Waals surface area contributed by atoms with Crippen molar-refractivity contribution < 1.29 is 9.53 Å². The topological polar surface area (TPSA) is 51.2 Å². The van der Waals surface area contributed by atoms with Gasteiger partial charge < -0.3 is 10.1 Å². The summed E-state index contributed by atoms with van der Waals surface area (Å²) in [4.78, 5) is 16.1. The van der Waals surface area contributed by atoms with Crippen molar-refractivity contribution >= 4 is 49.4 Å². The molecular formula is C14H11Br2ClN2O2. The van der Waals surface area contributed by atoms with Crippen LogP contribution in [0.2, 0.25) is 5.15 Å². The highest BCUT2D eigenvalue weighted by Gasteiger charge is 2.13. The van der Waals surface area contributed by atoms with Crippen LogP contribution in [0.15, 0.2) is 39.4 Å². The summed E-state index contributed by atoms with van der Waals surface area (Å²) in [6.45, 7) is 0.324. The second-order valence-corrected chi connectivity index (χ2v) is 6.32. The Labute approximate surface area is 144 Å². The minimum absolute atomic E-state index is 0.164. The number of aromatic nitrogens is 1. The van der Waals surface area contributed by atoms with Gasteiger partial charge >= 0.3 is 0 Å². The number of carbonyl (C=O) groups is 1. The van der Waals surface area contributed by atoms with Crippen LogP contribution in [-0.2, 0) is 6.54 Å². The average Bonchev–Trinajstić information content (AvgIpc) is 2.47. The van der Waals surface area contributed by atoms with Crippen LogP contribution in [0.3, 0.4) is 0 Å². The Morgan fingerprint density at radius 3 is 2.81 bits per heavy atom. The number of nitrogens with one attached hydrogen (secondary N) is 1. The van der Waals surface area contributed by atoms with Gasteiger partial charge in [0, 0.05) is 27.3 Å². The minimum atomic E-state index is -0.296. The van der Waals surface area contributed by atoms with Crippen molar-refractivity contribution in [2.45, 2.75) is 6.54 Å². The fourth-order valence-corrected chi connectivity index (χ4v) is 2.67. The fraction of sp³-hybridized carbons (Fsp3) is 0.143. The van der Waals surface area contributed by atoms with Crippen LogP contribution >= 0.6 is 43.5 Å². The molecule has 0 saturated heterocycles. The van der Waals surface area contributed by atoms with E-state index in [2.05, 4.69) is 42.2 Å². The second kappa shape index (κ2) is 7.24. The maximum absolute atomic E-state index is 12.2. The van der Waals surface area contributed by atoms with Gasteiger partial charge in [-0.05, 0) is 40.2 Å². The lowest BCUT2D eigenvalue weighted by Crippen LogP contribution is -2.23. The number of hydrogen-bond acceptors (Lipinski definition) is 3. The standard InChI is InChI=1S/C14H11Br2ClN2O2/c1-21-12-3-2-9(15)4-8(12)6-19-14(20)11-5-10(16)7-18-13(11)17/h2-5,7H,6H2,1H3,(H,19,20). The molecule has 1 aromatic carbocycles. The lowest BCUT2D eigenvalue weighted by atomic mass is 10.2. The molecule has 0 spiro atoms. The minimum Gasteiger partial charge on any atom is -0.496 e. The number of pyridine rings is 1. The molecule has 21 heavy (non-hydrogen) atoms. The molecule has 0 radical (unpaired) electrons. The van der Waals surface area contributed by atoms with Crippen LogP contribution in [0.4, 0.5) is 0 Å². The quantitative estimate of drug-likeness (QED) is 0.734. The lowest BCUT2D eigenvalue weighted by Gasteiger charge is -2.11. The van der Waals surface area contributed by atoms with Crippen molar-refractivity contribution in [2.75, 3.05) is 7.11 Å². The summed E-state index contributed by atoms with van der Waals surface area (Å²) >= 11 is 12.6. The molecule has 0 aliphatic carbocycles. The van der Waals surface area contributed by atoms with E-state index in [1.807, 2.05) is 18.2 Å². The Kier molecular flexibility index (Phi) is 5.61. The highest BCUT2D eigenvalue weighted by molar-refractivity contribution is 9.10. The van der Waals surface area contributed by atoms with Crippen molar-refractivity contribution in [1.29, 1.82) is 0 Å². The Balaban J connectivity index is 2.14. The number of benzene rings is 1. The third-order valence-electron chi connectivity index (χ3n) is 2.73. The number of halogens is 3. The third-order valence-corrected chi connectivity index (χ3v) is 3.96. The van der Waals surface area contributed by atoms with Gasteiger partial charge in [-0.15, -0.1) is 0 Å². The molecule has 0 saturated carbocycles. The molecule has 0 aliphatic heterocycles. The summed E-state index contributed by atoms with van der Waals surface area (Å²) in [7, 11) is 1.59.